The highest BCUT2D eigenvalue weighted by Gasteiger charge is 2.25. The van der Waals surface area contributed by atoms with Gasteiger partial charge in [0, 0.05) is 7.05 Å². The van der Waals surface area contributed by atoms with Gasteiger partial charge in [0.1, 0.15) is 11.4 Å². The molecule has 7 heteroatoms. The average Bonchev–Trinajstić information content (AvgIpc) is 2.20. The molecule has 0 spiro atoms. The molecule has 94 valence electrons. The average molecular weight is 278 g/mol. The Bertz CT molecular complexity index is 541. The molecular weight excluding hydrogens is 266 g/mol. The summed E-state index contributed by atoms with van der Waals surface area (Å²) in [5.74, 6) is -1.22. The van der Waals surface area contributed by atoms with Gasteiger partial charge in [-0.15, -0.1) is 0 Å². The lowest BCUT2D eigenvalue weighted by Gasteiger charge is -2.16. The van der Waals surface area contributed by atoms with Gasteiger partial charge >= 0.3 is 5.97 Å². The van der Waals surface area contributed by atoms with Crippen LogP contribution in [-0.4, -0.2) is 37.4 Å². The summed E-state index contributed by atoms with van der Waals surface area (Å²) in [6.07, 6.45) is 0. The van der Waals surface area contributed by atoms with Crippen molar-refractivity contribution >= 4 is 27.6 Å². The first-order valence-corrected chi connectivity index (χ1v) is 6.52. The Morgan fingerprint density at radius 2 is 2.06 bits per heavy atom. The Hall–Kier alpha value is -1.11. The Balaban J connectivity index is 3.22. The van der Waals surface area contributed by atoms with Crippen LogP contribution in [0.2, 0.25) is 5.02 Å². The smallest absolute Gasteiger partial charge is 0.318 e. The lowest BCUT2D eigenvalue weighted by Crippen LogP contribution is -2.32. The largest absolute Gasteiger partial charge is 0.480 e. The van der Waals surface area contributed by atoms with Crippen molar-refractivity contribution < 1.29 is 18.3 Å². The summed E-state index contributed by atoms with van der Waals surface area (Å²) in [6, 6.07) is 4.59. The molecule has 1 aromatic rings. The second-order valence-corrected chi connectivity index (χ2v) is 5.93. The lowest BCUT2D eigenvalue weighted by molar-refractivity contribution is -0.137. The molecule has 0 amide bonds. The van der Waals surface area contributed by atoms with E-state index in [1.807, 2.05) is 0 Å². The molecule has 0 bridgehead atoms. The van der Waals surface area contributed by atoms with Crippen molar-refractivity contribution in [3.63, 3.8) is 0 Å². The molecule has 0 aliphatic carbocycles. The number of hydrogen-bond acceptors (Lipinski definition) is 3. The monoisotopic (exact) mass is 277 g/mol. The first-order chi connectivity index (χ1) is 7.76. The molecule has 0 fully saturated rings. The maximum Gasteiger partial charge on any atom is 0.318 e. The van der Waals surface area contributed by atoms with Crippen molar-refractivity contribution in [3.05, 3.63) is 28.8 Å². The number of nitrogens with zero attached hydrogens (tertiary/aromatic N) is 1. The first-order valence-electron chi connectivity index (χ1n) is 4.70. The SMILES string of the molecule is Cc1cccc(S(=O)(=O)N(C)CC(=O)O)c1Cl. The van der Waals surface area contributed by atoms with Crippen LogP contribution in [0.15, 0.2) is 23.1 Å². The molecule has 1 N–H and O–H groups in total. The highest BCUT2D eigenvalue weighted by molar-refractivity contribution is 7.89. The highest BCUT2D eigenvalue weighted by atomic mass is 35.5. The summed E-state index contributed by atoms with van der Waals surface area (Å²) in [7, 11) is -2.67. The number of rotatable bonds is 4. The van der Waals surface area contributed by atoms with E-state index in [1.165, 1.54) is 13.1 Å². The van der Waals surface area contributed by atoms with Crippen LogP contribution in [0.4, 0.5) is 0 Å². The minimum absolute atomic E-state index is 0.0806. The summed E-state index contributed by atoms with van der Waals surface area (Å²) in [5.41, 5.74) is 0.622. The third kappa shape index (κ3) is 2.96. The number of halogens is 1. The minimum Gasteiger partial charge on any atom is -0.480 e. The van der Waals surface area contributed by atoms with Gasteiger partial charge in [-0.05, 0) is 18.6 Å². The van der Waals surface area contributed by atoms with Gasteiger partial charge in [-0.2, -0.15) is 4.31 Å². The predicted octanol–water partition coefficient (Wildman–Crippen LogP) is 1.35. The van der Waals surface area contributed by atoms with E-state index in [9.17, 15) is 13.2 Å². The normalized spacial score (nSPS) is 11.8. The number of carboxylic acids is 1. The molecule has 0 aromatic heterocycles. The van der Waals surface area contributed by atoms with Gasteiger partial charge in [0.05, 0.1) is 5.02 Å². The number of carboxylic acid groups (broad SMARTS) is 1. The maximum atomic E-state index is 12.0. The minimum atomic E-state index is -3.87. The van der Waals surface area contributed by atoms with Crippen LogP contribution in [0, 0.1) is 6.92 Å². The van der Waals surface area contributed by atoms with E-state index in [0.29, 0.717) is 5.56 Å². The number of benzene rings is 1. The van der Waals surface area contributed by atoms with Crippen LogP contribution in [0.5, 0.6) is 0 Å². The molecule has 0 atom stereocenters. The molecule has 1 rings (SSSR count). The Morgan fingerprint density at radius 3 is 2.59 bits per heavy atom. The van der Waals surface area contributed by atoms with Crippen molar-refractivity contribution in [1.29, 1.82) is 0 Å². The van der Waals surface area contributed by atoms with Gasteiger partial charge in [0.15, 0.2) is 0 Å². The summed E-state index contributed by atoms with van der Waals surface area (Å²) in [6.45, 7) is 1.07. The molecular formula is C10H12ClNO4S. The topological polar surface area (TPSA) is 74.7 Å². The number of sulfonamides is 1. The van der Waals surface area contributed by atoms with Crippen LogP contribution < -0.4 is 0 Å². The number of likely N-dealkylation sites (N-methyl/N-ethyl adjacent to an activating group) is 1. The van der Waals surface area contributed by atoms with Crippen LogP contribution in [0.3, 0.4) is 0 Å². The fraction of sp³-hybridized carbons (Fsp3) is 0.300. The maximum absolute atomic E-state index is 12.0. The van der Waals surface area contributed by atoms with Gasteiger partial charge in [-0.25, -0.2) is 8.42 Å². The third-order valence-corrected chi connectivity index (χ3v) is 4.66. The van der Waals surface area contributed by atoms with E-state index in [0.717, 1.165) is 4.31 Å². The number of aliphatic carboxylic acids is 1. The Labute approximate surface area is 105 Å². The Morgan fingerprint density at radius 1 is 1.47 bits per heavy atom. The molecule has 0 heterocycles. The molecule has 17 heavy (non-hydrogen) atoms. The van der Waals surface area contributed by atoms with Gasteiger partial charge < -0.3 is 5.11 Å². The molecule has 0 unspecified atom stereocenters. The molecule has 0 saturated carbocycles. The van der Waals surface area contributed by atoms with Crippen LogP contribution in [0.25, 0.3) is 0 Å². The van der Waals surface area contributed by atoms with Crippen LogP contribution >= 0.6 is 11.6 Å². The second-order valence-electron chi connectivity index (χ2n) is 3.54. The van der Waals surface area contributed by atoms with Gasteiger partial charge in [0.2, 0.25) is 10.0 Å². The standard InChI is InChI=1S/C10H12ClNO4S/c1-7-4-3-5-8(10(7)11)17(15,16)12(2)6-9(13)14/h3-5H,6H2,1-2H3,(H,13,14). The van der Waals surface area contributed by atoms with Crippen molar-refractivity contribution in [2.45, 2.75) is 11.8 Å². The summed E-state index contributed by atoms with van der Waals surface area (Å²) in [5, 5.41) is 8.69. The van der Waals surface area contributed by atoms with E-state index in [-0.39, 0.29) is 9.92 Å². The van der Waals surface area contributed by atoms with Gasteiger partial charge in [0.25, 0.3) is 0 Å². The van der Waals surface area contributed by atoms with Crippen LogP contribution in [0.1, 0.15) is 5.56 Å². The van der Waals surface area contributed by atoms with E-state index in [1.54, 1.807) is 19.1 Å². The molecule has 1 aromatic carbocycles. The van der Waals surface area contributed by atoms with E-state index in [2.05, 4.69) is 0 Å². The fourth-order valence-electron chi connectivity index (χ4n) is 1.26. The lowest BCUT2D eigenvalue weighted by atomic mass is 10.2. The zero-order chi connectivity index (χ0) is 13.2. The predicted molar refractivity (Wildman–Crippen MR) is 63.6 cm³/mol. The molecule has 5 nitrogen and oxygen atoms in total. The zero-order valence-electron chi connectivity index (χ0n) is 9.34. The number of aryl methyl sites for hydroxylation is 1. The van der Waals surface area contributed by atoms with E-state index in [4.69, 9.17) is 16.7 Å². The van der Waals surface area contributed by atoms with Crippen molar-refractivity contribution in [3.8, 4) is 0 Å². The summed E-state index contributed by atoms with van der Waals surface area (Å²) < 4.78 is 24.8. The van der Waals surface area contributed by atoms with Gasteiger partial charge in [-0.3, -0.25) is 4.79 Å². The van der Waals surface area contributed by atoms with Crippen molar-refractivity contribution in [2.75, 3.05) is 13.6 Å². The van der Waals surface area contributed by atoms with Crippen molar-refractivity contribution in [2.24, 2.45) is 0 Å². The first kappa shape index (κ1) is 14.0. The molecule has 0 radical (unpaired) electrons. The number of carbonyl (C=O) groups is 1. The fourth-order valence-corrected chi connectivity index (χ4v) is 2.94. The second kappa shape index (κ2) is 5.03. The Kier molecular flexibility index (Phi) is 4.13. The van der Waals surface area contributed by atoms with E-state index < -0.39 is 22.5 Å². The number of hydrogen-bond donors (Lipinski definition) is 1. The summed E-state index contributed by atoms with van der Waals surface area (Å²) >= 11 is 5.91. The van der Waals surface area contributed by atoms with Crippen molar-refractivity contribution in [1.82, 2.24) is 4.31 Å². The van der Waals surface area contributed by atoms with Crippen LogP contribution in [-0.2, 0) is 14.8 Å². The third-order valence-electron chi connectivity index (χ3n) is 2.20. The summed E-state index contributed by atoms with van der Waals surface area (Å²) in [4.78, 5) is 10.4. The van der Waals surface area contributed by atoms with Gasteiger partial charge in [-0.1, -0.05) is 23.7 Å². The zero-order valence-corrected chi connectivity index (χ0v) is 10.9. The molecule has 0 aliphatic rings. The quantitative estimate of drug-likeness (QED) is 0.901. The highest BCUT2D eigenvalue weighted by Crippen LogP contribution is 2.26. The molecule has 0 aliphatic heterocycles. The van der Waals surface area contributed by atoms with E-state index >= 15 is 0 Å². The molecule has 0 saturated heterocycles.